The fourth-order valence-electron chi connectivity index (χ4n) is 3.74. The van der Waals surface area contributed by atoms with Gasteiger partial charge in [-0.25, -0.2) is 4.39 Å². The molecule has 0 N–H and O–H groups in total. The van der Waals surface area contributed by atoms with Gasteiger partial charge >= 0.3 is 0 Å². The Kier molecular flexibility index (Phi) is 6.37. The molecular formula is C23H20Cl2FNO3S. The second kappa shape index (κ2) is 8.88. The average molecular weight is 480 g/mol. The smallest absolute Gasteiger partial charge is 0.284 e. The van der Waals surface area contributed by atoms with E-state index in [9.17, 15) is 12.8 Å². The molecule has 31 heavy (non-hydrogen) atoms. The van der Waals surface area contributed by atoms with Gasteiger partial charge in [-0.1, -0.05) is 47.5 Å². The molecule has 3 aromatic rings. The predicted octanol–water partition coefficient (Wildman–Crippen LogP) is 5.70. The molecule has 0 unspecified atom stereocenters. The third kappa shape index (κ3) is 4.78. The molecule has 3 aromatic carbocycles. The van der Waals surface area contributed by atoms with Crippen molar-refractivity contribution in [3.8, 4) is 0 Å². The fraction of sp³-hybridized carbons (Fsp3) is 0.217. The number of rotatable bonds is 6. The van der Waals surface area contributed by atoms with E-state index in [1.807, 2.05) is 55.5 Å². The number of benzene rings is 3. The highest BCUT2D eigenvalue weighted by atomic mass is 35.5. The van der Waals surface area contributed by atoms with Crippen molar-refractivity contribution in [2.24, 2.45) is 0 Å². The molecule has 0 bridgehead atoms. The first-order valence-corrected chi connectivity index (χ1v) is 11.9. The van der Waals surface area contributed by atoms with Crippen molar-refractivity contribution in [3.05, 3.63) is 99.8 Å². The molecule has 0 spiro atoms. The molecule has 0 radical (unpaired) electrons. The SMILES string of the molecule is C[C@H]1[C@H](OS(=O)(=O)c2ccc(F)cc2)CN1C(c1ccc(Cl)cc1)c1ccc(Cl)cc1. The highest BCUT2D eigenvalue weighted by molar-refractivity contribution is 7.86. The van der Waals surface area contributed by atoms with Gasteiger partial charge in [0.1, 0.15) is 11.9 Å². The van der Waals surface area contributed by atoms with E-state index in [0.29, 0.717) is 16.6 Å². The maximum Gasteiger partial charge on any atom is 0.297 e. The Hall–Kier alpha value is -1.96. The van der Waals surface area contributed by atoms with Crippen molar-refractivity contribution in [1.82, 2.24) is 4.90 Å². The van der Waals surface area contributed by atoms with Crippen molar-refractivity contribution in [2.75, 3.05) is 6.54 Å². The van der Waals surface area contributed by atoms with Gasteiger partial charge in [-0.2, -0.15) is 8.42 Å². The first-order chi connectivity index (χ1) is 14.7. The van der Waals surface area contributed by atoms with Crippen LogP contribution in [-0.2, 0) is 14.3 Å². The molecule has 162 valence electrons. The quantitative estimate of drug-likeness (QED) is 0.425. The lowest BCUT2D eigenvalue weighted by Crippen LogP contribution is -2.61. The number of hydrogen-bond acceptors (Lipinski definition) is 4. The normalized spacial score (nSPS) is 19.4. The summed E-state index contributed by atoms with van der Waals surface area (Å²) in [4.78, 5) is 2.10. The zero-order valence-electron chi connectivity index (χ0n) is 16.6. The van der Waals surface area contributed by atoms with Crippen LogP contribution >= 0.6 is 23.2 Å². The Morgan fingerprint density at radius 2 is 1.39 bits per heavy atom. The summed E-state index contributed by atoms with van der Waals surface area (Å²) in [6, 6.07) is 19.5. The van der Waals surface area contributed by atoms with Crippen LogP contribution in [0.5, 0.6) is 0 Å². The van der Waals surface area contributed by atoms with Crippen molar-refractivity contribution in [3.63, 3.8) is 0 Å². The van der Waals surface area contributed by atoms with Crippen LogP contribution in [-0.4, -0.2) is 32.0 Å². The summed E-state index contributed by atoms with van der Waals surface area (Å²) < 4.78 is 43.8. The molecule has 1 aliphatic rings. The summed E-state index contributed by atoms with van der Waals surface area (Å²) in [7, 11) is -3.99. The lowest BCUT2D eigenvalue weighted by Gasteiger charge is -2.49. The molecule has 1 heterocycles. The Morgan fingerprint density at radius 1 is 0.903 bits per heavy atom. The minimum absolute atomic E-state index is 0.0634. The highest BCUT2D eigenvalue weighted by Gasteiger charge is 2.44. The van der Waals surface area contributed by atoms with Crippen LogP contribution in [0.2, 0.25) is 10.0 Å². The van der Waals surface area contributed by atoms with Crippen LogP contribution in [0.3, 0.4) is 0 Å². The molecule has 8 heteroatoms. The van der Waals surface area contributed by atoms with Gasteiger partial charge in [0.25, 0.3) is 10.1 Å². The summed E-state index contributed by atoms with van der Waals surface area (Å²) >= 11 is 12.1. The molecule has 0 amide bonds. The summed E-state index contributed by atoms with van der Waals surface area (Å²) in [5, 5.41) is 1.28. The van der Waals surface area contributed by atoms with Crippen molar-refractivity contribution in [2.45, 2.75) is 30.0 Å². The molecule has 4 nitrogen and oxygen atoms in total. The molecule has 4 rings (SSSR count). The Balaban J connectivity index is 1.56. The number of likely N-dealkylation sites (tertiary alicyclic amines) is 1. The Labute approximate surface area is 191 Å². The van der Waals surface area contributed by atoms with Gasteiger partial charge in [-0.05, 0) is 66.6 Å². The van der Waals surface area contributed by atoms with E-state index in [0.717, 1.165) is 23.3 Å². The summed E-state index contributed by atoms with van der Waals surface area (Å²) in [5.41, 5.74) is 2.05. The maximum absolute atomic E-state index is 13.1. The molecule has 0 saturated carbocycles. The minimum atomic E-state index is -3.99. The molecule has 1 saturated heterocycles. The zero-order valence-corrected chi connectivity index (χ0v) is 18.9. The van der Waals surface area contributed by atoms with Crippen LogP contribution in [0.15, 0.2) is 77.7 Å². The monoisotopic (exact) mass is 479 g/mol. The van der Waals surface area contributed by atoms with Crippen molar-refractivity contribution < 1.29 is 17.0 Å². The lowest BCUT2D eigenvalue weighted by atomic mass is 9.90. The van der Waals surface area contributed by atoms with E-state index in [1.54, 1.807) is 0 Å². The minimum Gasteiger partial charge on any atom is -0.284 e. The molecule has 0 aromatic heterocycles. The van der Waals surface area contributed by atoms with Gasteiger partial charge in [-0.3, -0.25) is 9.08 Å². The average Bonchev–Trinajstić information content (AvgIpc) is 2.75. The van der Waals surface area contributed by atoms with Crippen LogP contribution in [0.1, 0.15) is 24.1 Å². The maximum atomic E-state index is 13.1. The van der Waals surface area contributed by atoms with Gasteiger partial charge < -0.3 is 0 Å². The Morgan fingerprint density at radius 3 is 1.84 bits per heavy atom. The lowest BCUT2D eigenvalue weighted by molar-refractivity contribution is -0.0513. The fourth-order valence-corrected chi connectivity index (χ4v) is 5.12. The topological polar surface area (TPSA) is 46.6 Å². The van der Waals surface area contributed by atoms with Crippen LogP contribution < -0.4 is 0 Å². The van der Waals surface area contributed by atoms with Gasteiger partial charge in [0.2, 0.25) is 0 Å². The largest absolute Gasteiger partial charge is 0.297 e. The standard InChI is InChI=1S/C23H20Cl2FNO3S/c1-15-22(30-31(28,29)21-12-10-20(26)11-13-21)14-27(15)23(16-2-6-18(24)7-3-16)17-4-8-19(25)9-5-17/h2-13,15,22-23H,14H2,1H3/t15-,22+/m0/s1. The summed E-state index contributed by atoms with van der Waals surface area (Å²) in [6.45, 7) is 2.34. The second-order valence-corrected chi connectivity index (χ2v) is 9.93. The molecule has 2 atom stereocenters. The predicted molar refractivity (Wildman–Crippen MR) is 119 cm³/mol. The van der Waals surface area contributed by atoms with Crippen LogP contribution in [0.4, 0.5) is 4.39 Å². The van der Waals surface area contributed by atoms with E-state index in [4.69, 9.17) is 27.4 Å². The van der Waals surface area contributed by atoms with E-state index in [2.05, 4.69) is 4.90 Å². The number of nitrogens with zero attached hydrogens (tertiary/aromatic N) is 1. The first kappa shape index (κ1) is 22.2. The number of halogens is 3. The van der Waals surface area contributed by atoms with Gasteiger partial charge in [0.15, 0.2) is 0 Å². The first-order valence-electron chi connectivity index (χ1n) is 9.70. The third-order valence-electron chi connectivity index (χ3n) is 5.51. The van der Waals surface area contributed by atoms with Crippen LogP contribution in [0.25, 0.3) is 0 Å². The Bertz CT molecular complexity index is 1110. The molecule has 0 aliphatic carbocycles. The van der Waals surface area contributed by atoms with Crippen molar-refractivity contribution in [1.29, 1.82) is 0 Å². The van der Waals surface area contributed by atoms with Gasteiger partial charge in [0.05, 0.1) is 10.9 Å². The molecular weight excluding hydrogens is 460 g/mol. The van der Waals surface area contributed by atoms with Gasteiger partial charge in [-0.15, -0.1) is 0 Å². The highest BCUT2D eigenvalue weighted by Crippen LogP contribution is 2.38. The van der Waals surface area contributed by atoms with E-state index < -0.39 is 22.0 Å². The van der Waals surface area contributed by atoms with E-state index in [1.165, 1.54) is 12.1 Å². The van der Waals surface area contributed by atoms with Crippen LogP contribution in [0, 0.1) is 5.82 Å². The molecule has 1 aliphatic heterocycles. The third-order valence-corrected chi connectivity index (χ3v) is 7.36. The second-order valence-electron chi connectivity index (χ2n) is 7.49. The molecule has 1 fully saturated rings. The van der Waals surface area contributed by atoms with Gasteiger partial charge in [0, 0.05) is 22.6 Å². The summed E-state index contributed by atoms with van der Waals surface area (Å²) in [5.74, 6) is -0.504. The van der Waals surface area contributed by atoms with Crippen molar-refractivity contribution >= 4 is 33.3 Å². The zero-order chi connectivity index (χ0) is 22.2. The summed E-state index contributed by atoms with van der Waals surface area (Å²) in [6.07, 6.45) is -0.517. The van der Waals surface area contributed by atoms with E-state index in [-0.39, 0.29) is 17.0 Å². The van der Waals surface area contributed by atoms with E-state index >= 15 is 0 Å². The number of hydrogen-bond donors (Lipinski definition) is 0.